The minimum Gasteiger partial charge on any atom is -0.321 e. The van der Waals surface area contributed by atoms with E-state index in [0.717, 1.165) is 29.3 Å². The van der Waals surface area contributed by atoms with Crippen molar-refractivity contribution in [3.63, 3.8) is 0 Å². The Labute approximate surface area is 228 Å². The maximum atomic E-state index is 13.0. The number of carbonyl (C=O) groups excluding carboxylic acids is 2. The van der Waals surface area contributed by atoms with Crippen LogP contribution in [0.4, 0.5) is 17.1 Å². The van der Waals surface area contributed by atoms with Crippen LogP contribution in [0.5, 0.6) is 0 Å². The number of azo groups is 1. The van der Waals surface area contributed by atoms with Crippen LogP contribution in [-0.2, 0) is 29.8 Å². The summed E-state index contributed by atoms with van der Waals surface area (Å²) in [5, 5.41) is 14.1. The van der Waals surface area contributed by atoms with Gasteiger partial charge in [-0.3, -0.25) is 18.7 Å². The van der Waals surface area contributed by atoms with E-state index in [0.29, 0.717) is 0 Å². The van der Waals surface area contributed by atoms with Crippen LogP contribution >= 0.6 is 39.1 Å². The molecule has 2 aromatic rings. The lowest BCUT2D eigenvalue weighted by Gasteiger charge is -2.15. The van der Waals surface area contributed by atoms with E-state index in [4.69, 9.17) is 23.2 Å². The number of hydrogen-bond donors (Lipinski definition) is 3. The molecular weight excluding hydrogens is 641 g/mol. The van der Waals surface area contributed by atoms with Crippen LogP contribution < -0.4 is 10.3 Å². The number of halogens is 3. The molecule has 0 saturated heterocycles. The number of hydrazone groups is 1. The standard InChI is InChI=1S/C19H14BrCl2N5O8S2/c1-8(20)18(28)23-10-3-4-15(36(30,31)32)13(5-10)24-25-17-9(2)26-27(19(17)29)14-6-12(22)16(7-11(14)21)37(33,34)35/h3-7,17H,1H2,2H3,(H,23,28)(H,30,31,32)(H,33,34,35)/t17-/m1/s1. The molecule has 1 heterocycles. The van der Waals surface area contributed by atoms with Gasteiger partial charge in [-0.2, -0.15) is 37.2 Å². The fourth-order valence-electron chi connectivity index (χ4n) is 2.95. The molecule has 2 aromatic carbocycles. The summed E-state index contributed by atoms with van der Waals surface area (Å²) in [6.45, 7) is 4.82. The van der Waals surface area contributed by atoms with Gasteiger partial charge in [0.2, 0.25) is 0 Å². The largest absolute Gasteiger partial charge is 0.321 e. The Bertz CT molecular complexity index is 1630. The van der Waals surface area contributed by atoms with Gasteiger partial charge in [0.05, 0.1) is 25.9 Å². The maximum Gasteiger partial charge on any atom is 0.296 e. The highest BCUT2D eigenvalue weighted by Crippen LogP contribution is 2.37. The van der Waals surface area contributed by atoms with E-state index >= 15 is 0 Å². The second kappa shape index (κ2) is 10.6. The van der Waals surface area contributed by atoms with Crippen molar-refractivity contribution in [3.05, 3.63) is 51.4 Å². The first-order valence-corrected chi connectivity index (χ1v) is 14.0. The normalized spacial score (nSPS) is 16.3. The molecule has 0 aromatic heterocycles. The minimum absolute atomic E-state index is 0.0126. The second-order valence-corrected chi connectivity index (χ2v) is 11.8. The summed E-state index contributed by atoms with van der Waals surface area (Å²) < 4.78 is 65.2. The van der Waals surface area contributed by atoms with Crippen LogP contribution in [0.3, 0.4) is 0 Å². The molecule has 196 valence electrons. The van der Waals surface area contributed by atoms with Crippen molar-refractivity contribution in [2.45, 2.75) is 22.8 Å². The minimum atomic E-state index is -4.77. The summed E-state index contributed by atoms with van der Waals surface area (Å²) in [5.41, 5.74) is -0.358. The van der Waals surface area contributed by atoms with Gasteiger partial charge in [-0.1, -0.05) is 29.8 Å². The molecule has 0 bridgehead atoms. The second-order valence-electron chi connectivity index (χ2n) is 7.24. The van der Waals surface area contributed by atoms with Crippen molar-refractivity contribution < 1.29 is 35.5 Å². The quantitative estimate of drug-likeness (QED) is 0.224. The molecule has 0 unspecified atom stereocenters. The van der Waals surface area contributed by atoms with Gasteiger partial charge >= 0.3 is 0 Å². The number of hydrogen-bond acceptors (Lipinski definition) is 9. The van der Waals surface area contributed by atoms with Gasteiger partial charge in [0.25, 0.3) is 32.1 Å². The summed E-state index contributed by atoms with van der Waals surface area (Å²) in [4.78, 5) is 23.5. The highest BCUT2D eigenvalue weighted by Gasteiger charge is 2.36. The van der Waals surface area contributed by atoms with E-state index in [-0.39, 0.29) is 26.6 Å². The van der Waals surface area contributed by atoms with Crippen LogP contribution in [0.15, 0.2) is 66.5 Å². The molecule has 0 radical (unpaired) electrons. The molecule has 37 heavy (non-hydrogen) atoms. The molecule has 3 N–H and O–H groups in total. The molecule has 3 rings (SSSR count). The van der Waals surface area contributed by atoms with Crippen LogP contribution in [0.2, 0.25) is 10.0 Å². The number of nitrogens with zero attached hydrogens (tertiary/aromatic N) is 4. The molecule has 0 saturated carbocycles. The summed E-state index contributed by atoms with van der Waals surface area (Å²) in [6.07, 6.45) is 0. The third-order valence-electron chi connectivity index (χ3n) is 4.63. The van der Waals surface area contributed by atoms with E-state index in [1.165, 1.54) is 13.0 Å². The number of anilines is 2. The number of rotatable bonds is 7. The number of benzene rings is 2. The van der Waals surface area contributed by atoms with Gasteiger partial charge < -0.3 is 5.32 Å². The third-order valence-corrected chi connectivity index (χ3v) is 7.51. The Morgan fingerprint density at radius 2 is 1.73 bits per heavy atom. The fraction of sp³-hybridized carbons (Fsp3) is 0.105. The molecule has 0 fully saturated rings. The Kier molecular flexibility index (Phi) is 8.23. The lowest BCUT2D eigenvalue weighted by molar-refractivity contribution is -0.118. The van der Waals surface area contributed by atoms with Crippen LogP contribution in [0.25, 0.3) is 0 Å². The highest BCUT2D eigenvalue weighted by atomic mass is 79.9. The predicted molar refractivity (Wildman–Crippen MR) is 138 cm³/mol. The molecule has 1 aliphatic rings. The Morgan fingerprint density at radius 3 is 2.30 bits per heavy atom. The zero-order chi connectivity index (χ0) is 27.9. The smallest absolute Gasteiger partial charge is 0.296 e. The number of carbonyl (C=O) groups is 2. The van der Waals surface area contributed by atoms with Gasteiger partial charge in [-0.05, 0) is 53.2 Å². The maximum absolute atomic E-state index is 13.0. The molecule has 0 aliphatic carbocycles. The average Bonchev–Trinajstić information content (AvgIpc) is 3.05. The van der Waals surface area contributed by atoms with Gasteiger partial charge in [0.15, 0.2) is 6.04 Å². The van der Waals surface area contributed by atoms with E-state index < -0.39 is 58.6 Å². The highest BCUT2D eigenvalue weighted by molar-refractivity contribution is 9.12. The third kappa shape index (κ3) is 6.40. The van der Waals surface area contributed by atoms with Crippen LogP contribution in [0.1, 0.15) is 6.92 Å². The van der Waals surface area contributed by atoms with Crippen molar-refractivity contribution in [1.29, 1.82) is 0 Å². The molecule has 13 nitrogen and oxygen atoms in total. The van der Waals surface area contributed by atoms with Crippen molar-refractivity contribution >= 4 is 94.0 Å². The van der Waals surface area contributed by atoms with Crippen molar-refractivity contribution in [1.82, 2.24) is 0 Å². The summed E-state index contributed by atoms with van der Waals surface area (Å²) in [7, 11) is -9.46. The first kappa shape index (κ1) is 28.8. The Morgan fingerprint density at radius 1 is 1.11 bits per heavy atom. The molecular formula is C19H14BrCl2N5O8S2. The fourth-order valence-corrected chi connectivity index (χ4v) is 4.98. The zero-order valence-electron chi connectivity index (χ0n) is 18.3. The van der Waals surface area contributed by atoms with Crippen molar-refractivity contribution in [3.8, 4) is 0 Å². The van der Waals surface area contributed by atoms with Crippen LogP contribution in [0, 0.1) is 0 Å². The van der Waals surface area contributed by atoms with E-state index in [2.05, 4.69) is 43.2 Å². The number of amides is 2. The summed E-state index contributed by atoms with van der Waals surface area (Å²) >= 11 is 14.9. The molecule has 1 atom stereocenters. The Balaban J connectivity index is 1.98. The van der Waals surface area contributed by atoms with E-state index in [1.807, 2.05) is 0 Å². The van der Waals surface area contributed by atoms with Gasteiger partial charge in [-0.15, -0.1) is 0 Å². The number of nitrogens with one attached hydrogen (secondary N) is 1. The first-order chi connectivity index (χ1) is 17.0. The van der Waals surface area contributed by atoms with Crippen molar-refractivity contribution in [2.75, 3.05) is 10.3 Å². The Hall–Kier alpha value is -2.73. The molecule has 2 amide bonds. The summed E-state index contributed by atoms with van der Waals surface area (Å²) in [6, 6.07) is 3.72. The SMILES string of the molecule is C=C(Br)C(=O)Nc1ccc(S(=O)(=O)O)c(N=N[C@H]2C(=O)N(c3cc(Cl)c(S(=O)(=O)O)cc3Cl)N=C2C)c1. The van der Waals surface area contributed by atoms with E-state index in [9.17, 15) is 35.5 Å². The molecule has 18 heteroatoms. The topological polar surface area (TPSA) is 195 Å². The van der Waals surface area contributed by atoms with E-state index in [1.54, 1.807) is 0 Å². The molecule has 0 spiro atoms. The first-order valence-electron chi connectivity index (χ1n) is 9.54. The van der Waals surface area contributed by atoms with Gasteiger partial charge in [0.1, 0.15) is 15.5 Å². The van der Waals surface area contributed by atoms with Gasteiger partial charge in [0, 0.05) is 5.69 Å². The van der Waals surface area contributed by atoms with Crippen LogP contribution in [-0.4, -0.2) is 49.5 Å². The average molecular weight is 655 g/mol. The molecule has 1 aliphatic heterocycles. The lowest BCUT2D eigenvalue weighted by Crippen LogP contribution is -2.30. The zero-order valence-corrected chi connectivity index (χ0v) is 23.0. The van der Waals surface area contributed by atoms with Gasteiger partial charge in [-0.25, -0.2) is 0 Å². The summed E-state index contributed by atoms with van der Waals surface area (Å²) in [5.74, 6) is -1.45. The lowest BCUT2D eigenvalue weighted by atomic mass is 10.2. The monoisotopic (exact) mass is 653 g/mol. The van der Waals surface area contributed by atoms with Crippen molar-refractivity contribution in [2.24, 2.45) is 15.3 Å². The predicted octanol–water partition coefficient (Wildman–Crippen LogP) is 4.21.